The van der Waals surface area contributed by atoms with Gasteiger partial charge in [0, 0.05) is 25.0 Å². The molecule has 0 saturated carbocycles. The summed E-state index contributed by atoms with van der Waals surface area (Å²) in [5, 5.41) is 9.29. The minimum absolute atomic E-state index is 0.382. The predicted molar refractivity (Wildman–Crippen MR) is 76.5 cm³/mol. The van der Waals surface area contributed by atoms with Gasteiger partial charge in [0.15, 0.2) is 0 Å². The Kier molecular flexibility index (Phi) is 3.56. The topological polar surface area (TPSA) is 53.4 Å². The SMILES string of the molecule is O=C(O)C1Cc2ccccc2N(Cc2cncc(F)c2)C1. The number of rotatable bonds is 3. The summed E-state index contributed by atoms with van der Waals surface area (Å²) < 4.78 is 13.2. The molecule has 1 atom stereocenters. The number of nitrogens with zero attached hydrogens (tertiary/aromatic N) is 2. The van der Waals surface area contributed by atoms with E-state index in [9.17, 15) is 14.3 Å². The lowest BCUT2D eigenvalue weighted by Crippen LogP contribution is -2.38. The highest BCUT2D eigenvalue weighted by molar-refractivity contribution is 5.73. The van der Waals surface area contributed by atoms with Crippen LogP contribution in [0.5, 0.6) is 0 Å². The first kappa shape index (κ1) is 13.5. The van der Waals surface area contributed by atoms with Crippen molar-refractivity contribution in [2.45, 2.75) is 13.0 Å². The molecule has 1 N–H and O–H groups in total. The summed E-state index contributed by atoms with van der Waals surface area (Å²) in [5.41, 5.74) is 2.76. The number of carbonyl (C=O) groups is 1. The standard InChI is InChI=1S/C16H15FN2O2/c17-14-5-11(7-18-8-14)9-19-10-13(16(20)21)6-12-3-1-2-4-15(12)19/h1-5,7-8,13H,6,9-10H2,(H,20,21). The summed E-state index contributed by atoms with van der Waals surface area (Å²) in [5.74, 6) is -1.62. The molecule has 1 aliphatic heterocycles. The molecule has 0 radical (unpaired) electrons. The Morgan fingerprint density at radius 2 is 2.19 bits per heavy atom. The van der Waals surface area contributed by atoms with Gasteiger partial charge in [-0.05, 0) is 29.7 Å². The van der Waals surface area contributed by atoms with Crippen molar-refractivity contribution >= 4 is 11.7 Å². The summed E-state index contributed by atoms with van der Waals surface area (Å²) in [4.78, 5) is 17.1. The smallest absolute Gasteiger partial charge is 0.308 e. The molecular formula is C16H15FN2O2. The number of hydrogen-bond acceptors (Lipinski definition) is 3. The first-order valence-electron chi connectivity index (χ1n) is 6.78. The average Bonchev–Trinajstić information content (AvgIpc) is 2.47. The van der Waals surface area contributed by atoms with Crippen LogP contribution < -0.4 is 4.90 Å². The predicted octanol–water partition coefficient (Wildman–Crippen LogP) is 2.48. The highest BCUT2D eigenvalue weighted by Gasteiger charge is 2.28. The molecule has 1 aromatic carbocycles. The Balaban J connectivity index is 1.91. The van der Waals surface area contributed by atoms with Crippen molar-refractivity contribution in [2.24, 2.45) is 5.92 Å². The number of aromatic nitrogens is 1. The maximum absolute atomic E-state index is 13.2. The van der Waals surface area contributed by atoms with Crippen LogP contribution in [0.25, 0.3) is 0 Å². The zero-order valence-electron chi connectivity index (χ0n) is 11.4. The van der Waals surface area contributed by atoms with Crippen molar-refractivity contribution in [1.29, 1.82) is 0 Å². The van der Waals surface area contributed by atoms with Gasteiger partial charge in [0.1, 0.15) is 5.82 Å². The van der Waals surface area contributed by atoms with Gasteiger partial charge < -0.3 is 10.0 Å². The zero-order chi connectivity index (χ0) is 14.8. The average molecular weight is 286 g/mol. The highest BCUT2D eigenvalue weighted by atomic mass is 19.1. The summed E-state index contributed by atoms with van der Waals surface area (Å²) in [6.07, 6.45) is 3.30. The number of fused-ring (bicyclic) bond motifs is 1. The van der Waals surface area contributed by atoms with Gasteiger partial charge in [-0.2, -0.15) is 0 Å². The fraction of sp³-hybridized carbons (Fsp3) is 0.250. The van der Waals surface area contributed by atoms with E-state index in [0.717, 1.165) is 23.0 Å². The van der Waals surface area contributed by atoms with Crippen LogP contribution in [0, 0.1) is 11.7 Å². The van der Waals surface area contributed by atoms with E-state index in [-0.39, 0.29) is 5.82 Å². The van der Waals surface area contributed by atoms with Gasteiger partial charge in [-0.3, -0.25) is 9.78 Å². The zero-order valence-corrected chi connectivity index (χ0v) is 11.4. The maximum Gasteiger partial charge on any atom is 0.308 e. The molecule has 0 spiro atoms. The molecule has 3 rings (SSSR count). The fourth-order valence-corrected chi connectivity index (χ4v) is 2.76. The van der Waals surface area contributed by atoms with Crippen LogP contribution in [0.4, 0.5) is 10.1 Å². The summed E-state index contributed by atoms with van der Waals surface area (Å²) in [6.45, 7) is 0.869. The number of anilines is 1. The third-order valence-corrected chi connectivity index (χ3v) is 3.72. The molecule has 0 amide bonds. The van der Waals surface area contributed by atoms with Gasteiger partial charge in [-0.1, -0.05) is 18.2 Å². The third-order valence-electron chi connectivity index (χ3n) is 3.72. The summed E-state index contributed by atoms with van der Waals surface area (Å²) in [7, 11) is 0. The van der Waals surface area contributed by atoms with Crippen LogP contribution in [-0.4, -0.2) is 22.6 Å². The molecule has 1 aliphatic rings. The normalized spacial score (nSPS) is 17.4. The van der Waals surface area contributed by atoms with Crippen molar-refractivity contribution in [3.05, 3.63) is 59.7 Å². The quantitative estimate of drug-likeness (QED) is 0.942. The van der Waals surface area contributed by atoms with E-state index in [0.29, 0.717) is 19.5 Å². The molecule has 4 nitrogen and oxygen atoms in total. The molecule has 2 heterocycles. The minimum atomic E-state index is -0.799. The second-order valence-corrected chi connectivity index (χ2v) is 5.26. The lowest BCUT2D eigenvalue weighted by atomic mass is 9.92. The van der Waals surface area contributed by atoms with Gasteiger partial charge in [-0.25, -0.2) is 4.39 Å². The Morgan fingerprint density at radius 3 is 2.95 bits per heavy atom. The van der Waals surface area contributed by atoms with Crippen molar-refractivity contribution in [3.63, 3.8) is 0 Å². The number of para-hydroxylation sites is 1. The van der Waals surface area contributed by atoms with Crippen LogP contribution in [0.2, 0.25) is 0 Å². The molecule has 21 heavy (non-hydrogen) atoms. The van der Waals surface area contributed by atoms with Crippen molar-refractivity contribution < 1.29 is 14.3 Å². The lowest BCUT2D eigenvalue weighted by Gasteiger charge is -2.34. The van der Waals surface area contributed by atoms with E-state index in [1.807, 2.05) is 29.2 Å². The first-order chi connectivity index (χ1) is 10.1. The Labute approximate surface area is 121 Å². The van der Waals surface area contributed by atoms with Crippen LogP contribution >= 0.6 is 0 Å². The number of aliphatic carboxylic acids is 1. The van der Waals surface area contributed by atoms with Crippen molar-refractivity contribution in [2.75, 3.05) is 11.4 Å². The first-order valence-corrected chi connectivity index (χ1v) is 6.78. The molecular weight excluding hydrogens is 271 g/mol. The molecule has 0 fully saturated rings. The number of benzene rings is 1. The molecule has 1 aromatic heterocycles. The second-order valence-electron chi connectivity index (χ2n) is 5.26. The number of carboxylic acid groups (broad SMARTS) is 1. The molecule has 108 valence electrons. The Bertz CT molecular complexity index is 675. The van der Waals surface area contributed by atoms with Crippen LogP contribution in [0.15, 0.2) is 42.7 Å². The maximum atomic E-state index is 13.2. The third kappa shape index (κ3) is 2.86. The van der Waals surface area contributed by atoms with E-state index in [2.05, 4.69) is 4.98 Å². The second kappa shape index (κ2) is 5.52. The summed E-state index contributed by atoms with van der Waals surface area (Å²) >= 11 is 0. The van der Waals surface area contributed by atoms with Gasteiger partial charge in [-0.15, -0.1) is 0 Å². The van der Waals surface area contributed by atoms with Gasteiger partial charge in [0.25, 0.3) is 0 Å². The van der Waals surface area contributed by atoms with Gasteiger partial charge in [0.2, 0.25) is 0 Å². The van der Waals surface area contributed by atoms with Crippen molar-refractivity contribution in [3.8, 4) is 0 Å². The lowest BCUT2D eigenvalue weighted by molar-refractivity contribution is -0.141. The molecule has 1 unspecified atom stereocenters. The fourth-order valence-electron chi connectivity index (χ4n) is 2.76. The molecule has 0 aliphatic carbocycles. The summed E-state index contributed by atoms with van der Waals surface area (Å²) in [6, 6.07) is 9.18. The minimum Gasteiger partial charge on any atom is -0.481 e. The van der Waals surface area contributed by atoms with E-state index < -0.39 is 11.9 Å². The van der Waals surface area contributed by atoms with Gasteiger partial charge >= 0.3 is 5.97 Å². The van der Waals surface area contributed by atoms with E-state index >= 15 is 0 Å². The van der Waals surface area contributed by atoms with E-state index in [1.54, 1.807) is 6.20 Å². The van der Waals surface area contributed by atoms with E-state index in [4.69, 9.17) is 0 Å². The molecule has 2 aromatic rings. The Hall–Kier alpha value is -2.43. The van der Waals surface area contributed by atoms with Crippen LogP contribution in [0.1, 0.15) is 11.1 Å². The van der Waals surface area contributed by atoms with E-state index in [1.165, 1.54) is 6.07 Å². The van der Waals surface area contributed by atoms with Gasteiger partial charge in [0.05, 0.1) is 12.1 Å². The monoisotopic (exact) mass is 286 g/mol. The molecule has 0 bridgehead atoms. The number of halogens is 1. The Morgan fingerprint density at radius 1 is 1.38 bits per heavy atom. The highest BCUT2D eigenvalue weighted by Crippen LogP contribution is 2.30. The van der Waals surface area contributed by atoms with Crippen LogP contribution in [-0.2, 0) is 17.8 Å². The number of pyridine rings is 1. The van der Waals surface area contributed by atoms with Crippen molar-refractivity contribution in [1.82, 2.24) is 4.98 Å². The number of hydrogen-bond donors (Lipinski definition) is 1. The largest absolute Gasteiger partial charge is 0.481 e. The van der Waals surface area contributed by atoms with Crippen LogP contribution in [0.3, 0.4) is 0 Å². The molecule has 0 saturated heterocycles. The number of carboxylic acids is 1. The molecule has 5 heteroatoms.